The Hall–Kier alpha value is -2.96. The maximum absolute atomic E-state index is 3.50. The van der Waals surface area contributed by atoms with Gasteiger partial charge in [0.15, 0.2) is 0 Å². The third kappa shape index (κ3) is 7.92. The van der Waals surface area contributed by atoms with E-state index in [0.29, 0.717) is 5.41 Å². The van der Waals surface area contributed by atoms with Crippen LogP contribution in [0.15, 0.2) is 115 Å². The minimum absolute atomic E-state index is 0. The van der Waals surface area contributed by atoms with Crippen LogP contribution in [0.2, 0.25) is 0 Å². The van der Waals surface area contributed by atoms with Crippen molar-refractivity contribution in [1.82, 2.24) is 0 Å². The molecule has 3 aliphatic rings. The summed E-state index contributed by atoms with van der Waals surface area (Å²) in [6.07, 6.45) is 11.4. The van der Waals surface area contributed by atoms with Crippen LogP contribution in [0.1, 0.15) is 98.5 Å². The molecule has 0 unspecified atom stereocenters. The Kier molecular flexibility index (Phi) is 11.7. The summed E-state index contributed by atoms with van der Waals surface area (Å²) in [5.41, 5.74) is 16.1. The molecule has 0 nitrogen and oxygen atoms in total. The third-order valence-corrected chi connectivity index (χ3v) is 10.9. The zero-order chi connectivity index (χ0) is 32.7. The quantitative estimate of drug-likeness (QED) is 0.215. The second-order valence-corrected chi connectivity index (χ2v) is 16.1. The van der Waals surface area contributed by atoms with E-state index in [1.54, 1.807) is 0 Å². The zero-order valence-electron chi connectivity index (χ0n) is 29.1. The van der Waals surface area contributed by atoms with Gasteiger partial charge in [-0.15, -0.1) is 11.6 Å². The summed E-state index contributed by atoms with van der Waals surface area (Å²) in [5, 5.41) is 0. The van der Waals surface area contributed by atoms with Gasteiger partial charge in [-0.25, -0.2) is 12.1 Å². The standard InChI is InChI=1S/C23H21.C13H10.C9H13.2ClH.Zr/c1-22(2)7-5-14-10-18-16(12-20(14)22)9-17-13-21-15(11-19(17)18)6-8-23(21,3)4;1-3-7-12(8-4-1)11-13-9-5-2-6-10-13;1-9(2,3)8-6-4-5-7-8;;;/h5-7,10-13H,9H2,1-4H3;1-10H;4-7H,1-3H3;2*1H;/q-1;;-1;;;+2/p-2. The Morgan fingerprint density at radius 2 is 1.27 bits per heavy atom. The molecule has 0 aliphatic heterocycles. The summed E-state index contributed by atoms with van der Waals surface area (Å²) in [6, 6.07) is 39.3. The van der Waals surface area contributed by atoms with Crippen LogP contribution in [0.4, 0.5) is 0 Å². The van der Waals surface area contributed by atoms with Crippen LogP contribution in [-0.4, -0.2) is 3.21 Å². The molecule has 5 aromatic carbocycles. The van der Waals surface area contributed by atoms with E-state index < -0.39 is 0 Å². The van der Waals surface area contributed by atoms with Crippen molar-refractivity contribution in [3.8, 4) is 11.1 Å². The molecule has 244 valence electrons. The van der Waals surface area contributed by atoms with Crippen molar-refractivity contribution in [3.05, 3.63) is 171 Å². The molecule has 0 amide bonds. The first-order chi connectivity index (χ1) is 21.8. The van der Waals surface area contributed by atoms with Gasteiger partial charge in [-0.1, -0.05) is 83.6 Å². The average Bonchev–Trinajstić information content (AvgIpc) is 3.82. The Balaban J connectivity index is 0.000000179. The number of halogens is 2. The molecule has 0 saturated carbocycles. The van der Waals surface area contributed by atoms with E-state index in [0.717, 1.165) is 6.42 Å². The Morgan fingerprint density at radius 3 is 1.77 bits per heavy atom. The van der Waals surface area contributed by atoms with Gasteiger partial charge in [0.05, 0.1) is 0 Å². The number of allylic oxidation sites excluding steroid dienone is 2. The van der Waals surface area contributed by atoms with Gasteiger partial charge in [0.1, 0.15) is 0 Å². The number of hydrogen-bond donors (Lipinski definition) is 0. The van der Waals surface area contributed by atoms with E-state index >= 15 is 0 Å². The van der Waals surface area contributed by atoms with Gasteiger partial charge in [-0.3, -0.25) is 6.08 Å². The SMILES string of the molecule is CC(C)(C)c1cc[cH-]c1.CC1(C)[C-]=Cc2cc3c(cc21)Cc1cc2c(cc1-3)C=CC2(C)C.[Cl-].[Cl-].[Zr+2]=[C](c1ccccc1)c1ccccc1. The maximum atomic E-state index is 3.50. The number of hydrogen-bond acceptors (Lipinski definition) is 0. The molecule has 0 bridgehead atoms. The van der Waals surface area contributed by atoms with Crippen LogP contribution < -0.4 is 24.8 Å². The third-order valence-electron chi connectivity index (χ3n) is 9.51. The van der Waals surface area contributed by atoms with Gasteiger partial charge in [0, 0.05) is 5.41 Å². The fourth-order valence-electron chi connectivity index (χ4n) is 6.65. The Morgan fingerprint density at radius 1 is 0.729 bits per heavy atom. The predicted molar refractivity (Wildman–Crippen MR) is 194 cm³/mol. The first-order valence-electron chi connectivity index (χ1n) is 16.4. The molecule has 3 aliphatic carbocycles. The second-order valence-electron chi connectivity index (χ2n) is 14.9. The summed E-state index contributed by atoms with van der Waals surface area (Å²) >= 11 is 1.46. The molecule has 3 heteroatoms. The normalized spacial score (nSPS) is 14.9. The predicted octanol–water partition coefficient (Wildman–Crippen LogP) is 5.18. The molecule has 0 aromatic heterocycles. The summed E-state index contributed by atoms with van der Waals surface area (Å²) < 4.78 is 1.42. The van der Waals surface area contributed by atoms with Crippen LogP contribution >= 0.6 is 0 Å². The molecule has 0 heterocycles. The Bertz CT molecular complexity index is 1820. The Labute approximate surface area is 315 Å². The molecule has 8 rings (SSSR count). The second kappa shape index (κ2) is 14.9. The fourth-order valence-corrected chi connectivity index (χ4v) is 7.47. The minimum atomic E-state index is 0. The summed E-state index contributed by atoms with van der Waals surface area (Å²) in [5.74, 6) is 0. The van der Waals surface area contributed by atoms with Gasteiger partial charge in [-0.2, -0.15) is 29.3 Å². The van der Waals surface area contributed by atoms with E-state index in [1.807, 2.05) is 0 Å². The number of rotatable bonds is 2. The molecular weight excluding hydrogens is 703 g/mol. The van der Waals surface area contributed by atoms with Crippen molar-refractivity contribution >= 4 is 15.4 Å². The molecule has 0 fully saturated rings. The van der Waals surface area contributed by atoms with Crippen LogP contribution in [0.25, 0.3) is 23.3 Å². The van der Waals surface area contributed by atoms with Crippen LogP contribution in [0.3, 0.4) is 0 Å². The summed E-state index contributed by atoms with van der Waals surface area (Å²) in [6.45, 7) is 15.8. The molecular formula is C45H44Cl2Zr-2. The zero-order valence-corrected chi connectivity index (χ0v) is 33.1. The molecule has 5 aromatic rings. The topological polar surface area (TPSA) is 0 Å². The van der Waals surface area contributed by atoms with Gasteiger partial charge < -0.3 is 24.8 Å². The summed E-state index contributed by atoms with van der Waals surface area (Å²) in [4.78, 5) is 0. The number of benzene rings is 4. The summed E-state index contributed by atoms with van der Waals surface area (Å²) in [7, 11) is 0. The van der Waals surface area contributed by atoms with Crippen LogP contribution in [-0.2, 0) is 46.9 Å². The van der Waals surface area contributed by atoms with Gasteiger partial charge >= 0.3 is 99.2 Å². The van der Waals surface area contributed by atoms with E-state index in [2.05, 4.69) is 182 Å². The molecule has 0 N–H and O–H groups in total. The first kappa shape index (κ1) is 37.9. The molecule has 0 atom stereocenters. The van der Waals surface area contributed by atoms with Crippen molar-refractivity contribution in [2.24, 2.45) is 0 Å². The number of fused-ring (bicyclic) bond motifs is 5. The van der Waals surface area contributed by atoms with Crippen molar-refractivity contribution in [2.75, 3.05) is 0 Å². The molecule has 0 radical (unpaired) electrons. The molecule has 0 spiro atoms. The van der Waals surface area contributed by atoms with Gasteiger partial charge in [-0.05, 0) is 45.9 Å². The van der Waals surface area contributed by atoms with Crippen molar-refractivity contribution in [1.29, 1.82) is 0 Å². The monoisotopic (exact) mass is 744 g/mol. The van der Waals surface area contributed by atoms with E-state index in [-0.39, 0.29) is 35.6 Å². The van der Waals surface area contributed by atoms with E-state index in [9.17, 15) is 0 Å². The van der Waals surface area contributed by atoms with Crippen molar-refractivity contribution in [2.45, 2.75) is 71.1 Å². The fraction of sp³-hybridized carbons (Fsp3) is 0.244. The van der Waals surface area contributed by atoms with Crippen LogP contribution in [0, 0.1) is 6.08 Å². The average molecular weight is 747 g/mol. The molecule has 0 saturated heterocycles. The van der Waals surface area contributed by atoms with E-state index in [1.165, 1.54) is 88.6 Å². The van der Waals surface area contributed by atoms with Crippen LogP contribution in [0.5, 0.6) is 0 Å². The van der Waals surface area contributed by atoms with Gasteiger partial charge in [0.25, 0.3) is 0 Å². The van der Waals surface area contributed by atoms with Crippen molar-refractivity contribution in [3.63, 3.8) is 0 Å². The molecule has 48 heavy (non-hydrogen) atoms. The van der Waals surface area contributed by atoms with Gasteiger partial charge in [0.2, 0.25) is 0 Å². The van der Waals surface area contributed by atoms with Crippen molar-refractivity contribution < 1.29 is 49.0 Å². The van der Waals surface area contributed by atoms with E-state index in [4.69, 9.17) is 0 Å². The first-order valence-corrected chi connectivity index (χ1v) is 17.6.